The van der Waals surface area contributed by atoms with Crippen molar-refractivity contribution < 1.29 is 4.74 Å². The SMILES string of the molecule is Cc1cc(C)cc(OCCN(C)c2ccc3nccnc3n2)c1. The Bertz CT molecular complexity index is 799. The Labute approximate surface area is 136 Å². The fourth-order valence-corrected chi connectivity index (χ4v) is 2.49. The number of aryl methyl sites for hydroxylation is 2. The molecule has 118 valence electrons. The minimum atomic E-state index is 0.597. The fraction of sp³-hybridized carbons (Fsp3) is 0.278. The molecule has 0 aliphatic carbocycles. The molecule has 5 nitrogen and oxygen atoms in total. The van der Waals surface area contributed by atoms with Gasteiger partial charge in [0.2, 0.25) is 0 Å². The first kappa shape index (κ1) is 15.2. The third kappa shape index (κ3) is 3.74. The van der Waals surface area contributed by atoms with E-state index in [0.29, 0.717) is 12.3 Å². The smallest absolute Gasteiger partial charge is 0.180 e. The quantitative estimate of drug-likeness (QED) is 0.724. The van der Waals surface area contributed by atoms with Crippen LogP contribution in [0.4, 0.5) is 5.82 Å². The average Bonchev–Trinajstić information content (AvgIpc) is 2.53. The van der Waals surface area contributed by atoms with E-state index in [1.807, 2.05) is 19.2 Å². The lowest BCUT2D eigenvalue weighted by Gasteiger charge is -2.18. The van der Waals surface area contributed by atoms with Crippen molar-refractivity contribution in [3.63, 3.8) is 0 Å². The van der Waals surface area contributed by atoms with Gasteiger partial charge in [-0.25, -0.2) is 9.97 Å². The molecule has 0 saturated heterocycles. The largest absolute Gasteiger partial charge is 0.492 e. The van der Waals surface area contributed by atoms with Crippen LogP contribution in [0.1, 0.15) is 11.1 Å². The van der Waals surface area contributed by atoms with Gasteiger partial charge in [0.25, 0.3) is 0 Å². The van der Waals surface area contributed by atoms with Crippen LogP contribution < -0.4 is 9.64 Å². The van der Waals surface area contributed by atoms with Gasteiger partial charge in [0.05, 0.1) is 6.54 Å². The highest BCUT2D eigenvalue weighted by atomic mass is 16.5. The predicted molar refractivity (Wildman–Crippen MR) is 92.0 cm³/mol. The Morgan fingerprint density at radius 2 is 1.74 bits per heavy atom. The van der Waals surface area contributed by atoms with E-state index in [4.69, 9.17) is 4.74 Å². The summed E-state index contributed by atoms with van der Waals surface area (Å²) >= 11 is 0. The Kier molecular flexibility index (Phi) is 4.37. The van der Waals surface area contributed by atoms with Crippen molar-refractivity contribution in [2.24, 2.45) is 0 Å². The Morgan fingerprint density at radius 1 is 1.00 bits per heavy atom. The fourth-order valence-electron chi connectivity index (χ4n) is 2.49. The zero-order valence-electron chi connectivity index (χ0n) is 13.7. The molecule has 0 spiro atoms. The number of nitrogens with zero attached hydrogens (tertiary/aromatic N) is 4. The third-order valence-electron chi connectivity index (χ3n) is 3.60. The van der Waals surface area contributed by atoms with Crippen LogP contribution in [-0.4, -0.2) is 35.2 Å². The molecular formula is C18H20N4O. The summed E-state index contributed by atoms with van der Waals surface area (Å²) in [5.74, 6) is 1.77. The standard InChI is InChI=1S/C18H20N4O/c1-13-10-14(2)12-15(11-13)23-9-8-22(3)17-5-4-16-18(21-17)20-7-6-19-16/h4-7,10-12H,8-9H2,1-3H3. The molecule has 23 heavy (non-hydrogen) atoms. The van der Waals surface area contributed by atoms with E-state index >= 15 is 0 Å². The molecule has 0 aliphatic heterocycles. The van der Waals surface area contributed by atoms with E-state index in [1.54, 1.807) is 12.4 Å². The number of ether oxygens (including phenoxy) is 1. The Balaban J connectivity index is 1.62. The second-order valence-corrected chi connectivity index (χ2v) is 5.66. The zero-order valence-corrected chi connectivity index (χ0v) is 13.7. The molecule has 3 rings (SSSR count). The lowest BCUT2D eigenvalue weighted by atomic mass is 10.1. The first-order valence-corrected chi connectivity index (χ1v) is 7.62. The predicted octanol–water partition coefficient (Wildman–Crippen LogP) is 3.16. The monoisotopic (exact) mass is 308 g/mol. The van der Waals surface area contributed by atoms with Gasteiger partial charge in [0.1, 0.15) is 23.7 Å². The minimum absolute atomic E-state index is 0.597. The maximum Gasteiger partial charge on any atom is 0.180 e. The summed E-state index contributed by atoms with van der Waals surface area (Å²) < 4.78 is 5.85. The van der Waals surface area contributed by atoms with Gasteiger partial charge in [-0.15, -0.1) is 0 Å². The molecule has 3 aromatic rings. The number of benzene rings is 1. The first-order chi connectivity index (χ1) is 11.1. The molecule has 5 heteroatoms. The van der Waals surface area contributed by atoms with Crippen LogP contribution in [0.15, 0.2) is 42.7 Å². The van der Waals surface area contributed by atoms with Crippen molar-refractivity contribution >= 4 is 17.0 Å². The Hall–Kier alpha value is -2.69. The van der Waals surface area contributed by atoms with Crippen LogP contribution in [0.3, 0.4) is 0 Å². The number of aromatic nitrogens is 3. The summed E-state index contributed by atoms with van der Waals surface area (Å²) in [6.07, 6.45) is 3.33. The van der Waals surface area contributed by atoms with E-state index in [-0.39, 0.29) is 0 Å². The molecule has 0 fully saturated rings. The highest BCUT2D eigenvalue weighted by molar-refractivity contribution is 5.71. The molecule has 0 radical (unpaired) electrons. The van der Waals surface area contributed by atoms with E-state index < -0.39 is 0 Å². The Morgan fingerprint density at radius 3 is 2.52 bits per heavy atom. The van der Waals surface area contributed by atoms with Gasteiger partial charge >= 0.3 is 0 Å². The third-order valence-corrected chi connectivity index (χ3v) is 3.60. The first-order valence-electron chi connectivity index (χ1n) is 7.62. The molecule has 0 unspecified atom stereocenters. The molecule has 0 atom stereocenters. The highest BCUT2D eigenvalue weighted by Crippen LogP contribution is 2.17. The van der Waals surface area contributed by atoms with E-state index in [9.17, 15) is 0 Å². The summed E-state index contributed by atoms with van der Waals surface area (Å²) in [4.78, 5) is 15.0. The van der Waals surface area contributed by atoms with Gasteiger partial charge in [-0.3, -0.25) is 4.98 Å². The number of anilines is 1. The van der Waals surface area contributed by atoms with Crippen LogP contribution in [0.2, 0.25) is 0 Å². The number of rotatable bonds is 5. The molecule has 2 aromatic heterocycles. The van der Waals surface area contributed by atoms with Crippen molar-refractivity contribution in [3.05, 3.63) is 53.9 Å². The van der Waals surface area contributed by atoms with Crippen LogP contribution in [0.5, 0.6) is 5.75 Å². The van der Waals surface area contributed by atoms with Gasteiger partial charge in [0, 0.05) is 19.4 Å². The topological polar surface area (TPSA) is 51.1 Å². The summed E-state index contributed by atoms with van der Waals surface area (Å²) in [5, 5.41) is 0. The second kappa shape index (κ2) is 6.60. The van der Waals surface area contributed by atoms with Gasteiger partial charge in [-0.05, 0) is 49.2 Å². The summed E-state index contributed by atoms with van der Waals surface area (Å²) in [6.45, 7) is 5.49. The number of pyridine rings is 1. The summed E-state index contributed by atoms with van der Waals surface area (Å²) in [5.41, 5.74) is 3.88. The molecule has 0 amide bonds. The molecule has 1 aromatic carbocycles. The van der Waals surface area contributed by atoms with Gasteiger partial charge in [0.15, 0.2) is 5.65 Å². The zero-order chi connectivity index (χ0) is 16.2. The average molecular weight is 308 g/mol. The van der Waals surface area contributed by atoms with Gasteiger partial charge in [-0.1, -0.05) is 6.07 Å². The summed E-state index contributed by atoms with van der Waals surface area (Å²) in [7, 11) is 2.00. The van der Waals surface area contributed by atoms with Crippen molar-refractivity contribution in [2.75, 3.05) is 25.1 Å². The van der Waals surface area contributed by atoms with E-state index in [2.05, 4.69) is 51.9 Å². The molecule has 0 aliphatic rings. The summed E-state index contributed by atoms with van der Waals surface area (Å²) in [6, 6.07) is 10.1. The lowest BCUT2D eigenvalue weighted by Crippen LogP contribution is -2.24. The number of hydrogen-bond donors (Lipinski definition) is 0. The van der Waals surface area contributed by atoms with Crippen molar-refractivity contribution in [3.8, 4) is 5.75 Å². The normalized spacial score (nSPS) is 10.7. The maximum absolute atomic E-state index is 5.85. The molecular weight excluding hydrogens is 288 g/mol. The highest BCUT2D eigenvalue weighted by Gasteiger charge is 2.05. The van der Waals surface area contributed by atoms with E-state index in [0.717, 1.165) is 23.6 Å². The van der Waals surface area contributed by atoms with Crippen molar-refractivity contribution in [1.82, 2.24) is 15.0 Å². The van der Waals surface area contributed by atoms with Crippen LogP contribution in [0, 0.1) is 13.8 Å². The minimum Gasteiger partial charge on any atom is -0.492 e. The van der Waals surface area contributed by atoms with Crippen LogP contribution >= 0.6 is 0 Å². The molecule has 2 heterocycles. The number of likely N-dealkylation sites (N-methyl/N-ethyl adjacent to an activating group) is 1. The second-order valence-electron chi connectivity index (χ2n) is 5.66. The maximum atomic E-state index is 5.85. The van der Waals surface area contributed by atoms with Crippen LogP contribution in [0.25, 0.3) is 11.2 Å². The van der Waals surface area contributed by atoms with Crippen LogP contribution in [-0.2, 0) is 0 Å². The van der Waals surface area contributed by atoms with E-state index in [1.165, 1.54) is 11.1 Å². The molecule has 0 bridgehead atoms. The number of hydrogen-bond acceptors (Lipinski definition) is 5. The number of fused-ring (bicyclic) bond motifs is 1. The van der Waals surface area contributed by atoms with Crippen molar-refractivity contribution in [1.29, 1.82) is 0 Å². The van der Waals surface area contributed by atoms with Crippen molar-refractivity contribution in [2.45, 2.75) is 13.8 Å². The van der Waals surface area contributed by atoms with Gasteiger partial charge < -0.3 is 9.64 Å². The van der Waals surface area contributed by atoms with Gasteiger partial charge in [-0.2, -0.15) is 0 Å². The molecule has 0 N–H and O–H groups in total. The lowest BCUT2D eigenvalue weighted by molar-refractivity contribution is 0.325. The molecule has 0 saturated carbocycles.